The highest BCUT2D eigenvalue weighted by Crippen LogP contribution is 2.21. The fourth-order valence-electron chi connectivity index (χ4n) is 5.72. The summed E-state index contributed by atoms with van der Waals surface area (Å²) in [5.74, 6) is -1.28. The number of phenolic OH excluding ortho intramolecular Hbond substituents is 2. The minimum Gasteiger partial charge on any atom is -0.508 e. The van der Waals surface area contributed by atoms with Crippen LogP contribution in [-0.2, 0) is 27.2 Å². The second-order valence-corrected chi connectivity index (χ2v) is 14.4. The van der Waals surface area contributed by atoms with Crippen molar-refractivity contribution in [2.45, 2.75) is 69.7 Å². The summed E-state index contributed by atoms with van der Waals surface area (Å²) in [5.41, 5.74) is 21.7. The molecule has 6 N–H and O–H groups in total. The van der Waals surface area contributed by atoms with Gasteiger partial charge in [0.1, 0.15) is 59.6 Å². The van der Waals surface area contributed by atoms with Crippen LogP contribution in [0, 0.1) is 0 Å². The lowest BCUT2D eigenvalue weighted by Crippen LogP contribution is -2.24. The number of allylic oxidation sites excluding steroid dienone is 1. The van der Waals surface area contributed by atoms with Gasteiger partial charge in [0.2, 0.25) is 0 Å². The summed E-state index contributed by atoms with van der Waals surface area (Å²) in [5, 5.41) is 56.8. The van der Waals surface area contributed by atoms with E-state index in [1.165, 1.54) is 38.5 Å². The van der Waals surface area contributed by atoms with Crippen LogP contribution in [0.15, 0.2) is 180 Å². The number of carbonyl (C=O) groups is 2. The summed E-state index contributed by atoms with van der Waals surface area (Å²) < 4.78 is 16.1. The molecule has 1 saturated heterocycles. The number of hydrogen-bond acceptors (Lipinski definition) is 9. The van der Waals surface area contributed by atoms with Crippen molar-refractivity contribution in [3.63, 3.8) is 0 Å². The van der Waals surface area contributed by atoms with Crippen LogP contribution in [0.1, 0.15) is 60.8 Å². The van der Waals surface area contributed by atoms with E-state index in [9.17, 15) is 30.0 Å². The normalized spacial score (nSPS) is 12.4. The third-order valence-electron chi connectivity index (χ3n) is 9.26. The Hall–Kier alpha value is -7.64. The number of benzene rings is 4. The van der Waals surface area contributed by atoms with Crippen molar-refractivity contribution in [1.82, 2.24) is 0 Å². The van der Waals surface area contributed by atoms with Crippen molar-refractivity contribution in [1.29, 1.82) is 0 Å². The molecule has 1 heterocycles. The summed E-state index contributed by atoms with van der Waals surface area (Å²) in [6, 6.07) is 28.4. The van der Waals surface area contributed by atoms with Crippen molar-refractivity contribution in [3.8, 4) is 23.0 Å². The molecule has 0 aromatic heterocycles. The first-order chi connectivity index (χ1) is 31.4. The number of unbranched alkanes of at least 4 members (excludes halogenated alkanes) is 4. The molecule has 3 unspecified atom stereocenters. The summed E-state index contributed by atoms with van der Waals surface area (Å²) in [6.45, 7) is 10.7. The molecule has 1 fully saturated rings. The molecule has 11 nitrogen and oxygen atoms in total. The Bertz CT molecular complexity index is 2310. The number of epoxide rings is 1. The fraction of sp³-hybridized carbons (Fsp3) is 0.259. The molecule has 1 aliphatic rings. The molecular formula is C54H54O11. The summed E-state index contributed by atoms with van der Waals surface area (Å²) in [4.78, 5) is 22.6. The maximum atomic E-state index is 11.3. The van der Waals surface area contributed by atoms with E-state index in [0.717, 1.165) is 35.3 Å². The average Bonchev–Trinajstić information content (AvgIpc) is 4.14. The van der Waals surface area contributed by atoms with E-state index >= 15 is 0 Å². The maximum absolute atomic E-state index is 11.3. The number of phenols is 2. The van der Waals surface area contributed by atoms with E-state index in [-0.39, 0.29) is 24.7 Å². The Morgan fingerprint density at radius 3 is 1.32 bits per heavy atom. The van der Waals surface area contributed by atoms with Gasteiger partial charge in [-0.15, -0.1) is 6.58 Å². The van der Waals surface area contributed by atoms with Gasteiger partial charge in [-0.05, 0) is 150 Å². The van der Waals surface area contributed by atoms with Crippen LogP contribution in [0.2, 0.25) is 0 Å². The van der Waals surface area contributed by atoms with E-state index in [4.69, 9.17) is 24.4 Å². The van der Waals surface area contributed by atoms with Gasteiger partial charge in [-0.25, -0.2) is 9.59 Å². The molecule has 0 amide bonds. The van der Waals surface area contributed by atoms with Gasteiger partial charge >= 0.3 is 11.9 Å². The van der Waals surface area contributed by atoms with Crippen molar-refractivity contribution >= 4 is 11.9 Å². The quantitative estimate of drug-likeness (QED) is 0.0154. The molecule has 1 aliphatic heterocycles. The molecular weight excluding hydrogens is 825 g/mol. The van der Waals surface area contributed by atoms with E-state index < -0.39 is 35.3 Å². The predicted molar refractivity (Wildman–Crippen MR) is 247 cm³/mol. The van der Waals surface area contributed by atoms with Crippen molar-refractivity contribution < 1.29 is 54.4 Å². The molecule has 0 spiro atoms. The molecule has 11 heteroatoms. The van der Waals surface area contributed by atoms with Crippen molar-refractivity contribution in [2.24, 2.45) is 0 Å². The summed E-state index contributed by atoms with van der Waals surface area (Å²) in [7, 11) is 0. The van der Waals surface area contributed by atoms with Crippen LogP contribution in [0.3, 0.4) is 0 Å². The number of aliphatic hydroxyl groups is 2. The number of hydrogen-bond donors (Lipinski definition) is 6. The number of carboxylic acids is 2. The average molecular weight is 879 g/mol. The number of ether oxygens (including phenoxy) is 3. The Morgan fingerprint density at radius 2 is 0.985 bits per heavy atom. The highest BCUT2D eigenvalue weighted by molar-refractivity contribution is 5.87. The third kappa shape index (κ3) is 21.8. The van der Waals surface area contributed by atoms with E-state index in [0.29, 0.717) is 24.0 Å². The van der Waals surface area contributed by atoms with Gasteiger partial charge in [0.05, 0.1) is 12.7 Å². The largest absolute Gasteiger partial charge is 0.508 e. The lowest BCUT2D eigenvalue weighted by Gasteiger charge is -2.13. The number of aliphatic carboxylic acids is 2. The minimum atomic E-state index is -1.43. The number of aromatic hydroxyl groups is 2. The maximum Gasteiger partial charge on any atom is 0.342 e. The van der Waals surface area contributed by atoms with E-state index in [2.05, 4.69) is 65.6 Å². The van der Waals surface area contributed by atoms with Gasteiger partial charge in [0.25, 0.3) is 0 Å². The Labute approximate surface area is 379 Å². The number of carboxylic acid groups (broad SMARTS) is 2. The zero-order valence-corrected chi connectivity index (χ0v) is 36.2. The molecule has 0 radical (unpaired) electrons. The van der Waals surface area contributed by atoms with Gasteiger partial charge in [0, 0.05) is 0 Å². The van der Waals surface area contributed by atoms with E-state index in [1.54, 1.807) is 48.5 Å². The second-order valence-electron chi connectivity index (χ2n) is 14.4. The van der Waals surface area contributed by atoms with Crippen LogP contribution in [-0.4, -0.2) is 80.7 Å². The number of aliphatic hydroxyl groups excluding tert-OH is 2. The topological polar surface area (TPSA) is 187 Å². The monoisotopic (exact) mass is 878 g/mol. The first kappa shape index (κ1) is 51.7. The Morgan fingerprint density at radius 1 is 0.615 bits per heavy atom. The van der Waals surface area contributed by atoms with Crippen LogP contribution >= 0.6 is 0 Å². The molecule has 65 heavy (non-hydrogen) atoms. The first-order valence-electron chi connectivity index (χ1n) is 20.8. The highest BCUT2D eigenvalue weighted by atomic mass is 16.6. The summed E-state index contributed by atoms with van der Waals surface area (Å²) >= 11 is 0. The Kier molecular flexibility index (Phi) is 23.6. The SMILES string of the molecule is C=C=C=C=C=C(C(=O)O)C(O)COc1ccc(Cc2ccc(OCC(O)C(=C=C=C=C=C)C(=O)O)cc2)cc1.C=CCCCCCCC1CO1.Oc1ccc(Cc2ccc(O)cc2)cc1. The van der Waals surface area contributed by atoms with Gasteiger partial charge in [-0.3, -0.25) is 0 Å². The predicted octanol–water partition coefficient (Wildman–Crippen LogP) is 8.88. The molecule has 3 atom stereocenters. The van der Waals surface area contributed by atoms with Crippen molar-refractivity contribution in [3.05, 3.63) is 202 Å². The standard InChI is InChI=1S/C31H24O8.C13H12O2.C10H18O/c1-3-5-7-9-26(30(34)35)28(32)20-38-24-15-11-22(12-16-24)19-23-13-17-25(18-14-23)39-21-29(33)27(31(36)37)10-8-6-4-2;14-12-5-1-10(2-6-12)9-11-3-7-13(15)8-4-11;1-2-3-4-5-6-7-8-10-9-11-10/h11-18,28-29,32-33H,1-2,19-21H2,(H,34,35)(H,36,37);1-8,14-15H,9H2;2,10H,1,3-9H2. The smallest absolute Gasteiger partial charge is 0.342 e. The molecule has 4 aromatic rings. The number of rotatable bonds is 21. The van der Waals surface area contributed by atoms with Crippen molar-refractivity contribution in [2.75, 3.05) is 19.8 Å². The van der Waals surface area contributed by atoms with Gasteiger partial charge in [-0.1, -0.05) is 85.3 Å². The molecule has 4 aromatic carbocycles. The van der Waals surface area contributed by atoms with E-state index in [1.807, 2.05) is 54.6 Å². The lowest BCUT2D eigenvalue weighted by atomic mass is 10.0. The van der Waals surface area contributed by atoms with Gasteiger partial charge in [-0.2, -0.15) is 0 Å². The Balaban J connectivity index is 0.000000345. The molecule has 0 saturated carbocycles. The van der Waals surface area contributed by atoms with Crippen LogP contribution in [0.25, 0.3) is 0 Å². The lowest BCUT2D eigenvalue weighted by molar-refractivity contribution is -0.135. The molecule has 0 aliphatic carbocycles. The third-order valence-corrected chi connectivity index (χ3v) is 9.26. The highest BCUT2D eigenvalue weighted by Gasteiger charge is 2.21. The fourth-order valence-corrected chi connectivity index (χ4v) is 5.72. The first-order valence-corrected chi connectivity index (χ1v) is 20.8. The molecule has 0 bridgehead atoms. The molecule has 5 rings (SSSR count). The minimum absolute atomic E-state index is 0.282. The van der Waals surface area contributed by atoms with Gasteiger partial charge < -0.3 is 44.8 Å². The molecule has 336 valence electrons. The van der Waals surface area contributed by atoms with Crippen LogP contribution in [0.4, 0.5) is 0 Å². The van der Waals surface area contributed by atoms with Crippen LogP contribution in [0.5, 0.6) is 23.0 Å². The summed E-state index contributed by atoms with van der Waals surface area (Å²) in [6.07, 6.45) is 9.03. The zero-order chi connectivity index (χ0) is 47.2. The zero-order valence-electron chi connectivity index (χ0n) is 36.2. The van der Waals surface area contributed by atoms with Crippen LogP contribution < -0.4 is 9.47 Å². The second kappa shape index (κ2) is 29.6. The van der Waals surface area contributed by atoms with Gasteiger partial charge in [0.15, 0.2) is 0 Å².